The van der Waals surface area contributed by atoms with Crippen LogP contribution in [0.1, 0.15) is 23.6 Å². The van der Waals surface area contributed by atoms with E-state index in [0.717, 1.165) is 29.9 Å². The van der Waals surface area contributed by atoms with Crippen LogP contribution in [-0.2, 0) is 16.6 Å². The molecule has 28 heavy (non-hydrogen) atoms. The molecule has 0 fully saturated rings. The maximum Gasteiger partial charge on any atom is 0.263 e. The van der Waals surface area contributed by atoms with Crippen LogP contribution in [0.5, 0.6) is 0 Å². The Hall–Kier alpha value is -2.86. The summed E-state index contributed by atoms with van der Waals surface area (Å²) in [6.07, 6.45) is 1.70. The molecule has 0 spiro atoms. The Morgan fingerprint density at radius 3 is 2.32 bits per heavy atom. The van der Waals surface area contributed by atoms with Crippen LogP contribution in [0.25, 0.3) is 0 Å². The average molecular weight is 396 g/mol. The van der Waals surface area contributed by atoms with E-state index in [9.17, 15) is 8.42 Å². The number of aromatic nitrogens is 1. The highest BCUT2D eigenvalue weighted by molar-refractivity contribution is 7.92. The van der Waals surface area contributed by atoms with E-state index in [0.29, 0.717) is 5.82 Å². The highest BCUT2D eigenvalue weighted by Gasteiger charge is 2.16. The second-order valence-corrected chi connectivity index (χ2v) is 8.44. The summed E-state index contributed by atoms with van der Waals surface area (Å²) in [6.45, 7) is 7.53. The Kier molecular flexibility index (Phi) is 5.99. The number of hydrogen-bond acceptors (Lipinski definition) is 4. The maximum absolute atomic E-state index is 12.6. The van der Waals surface area contributed by atoms with Crippen molar-refractivity contribution < 1.29 is 8.42 Å². The third-order valence-corrected chi connectivity index (χ3v) is 6.09. The first-order valence-corrected chi connectivity index (χ1v) is 10.7. The lowest BCUT2D eigenvalue weighted by Crippen LogP contribution is -2.22. The Morgan fingerprint density at radius 2 is 1.71 bits per heavy atom. The second kappa shape index (κ2) is 8.44. The van der Waals surface area contributed by atoms with Gasteiger partial charge in [-0.3, -0.25) is 4.72 Å². The van der Waals surface area contributed by atoms with Crippen LogP contribution < -0.4 is 9.62 Å². The molecule has 0 saturated heterocycles. The lowest BCUT2D eigenvalue weighted by Gasteiger charge is -2.23. The molecule has 146 valence electrons. The van der Waals surface area contributed by atoms with Gasteiger partial charge in [0.25, 0.3) is 10.0 Å². The zero-order chi connectivity index (χ0) is 20.1. The topological polar surface area (TPSA) is 62.3 Å². The Bertz CT molecular complexity index is 1030. The summed E-state index contributed by atoms with van der Waals surface area (Å²) in [6, 6.07) is 18.9. The molecule has 0 bridgehead atoms. The van der Waals surface area contributed by atoms with Crippen LogP contribution in [-0.4, -0.2) is 19.9 Å². The number of nitrogens with one attached hydrogen (secondary N) is 1. The summed E-state index contributed by atoms with van der Waals surface area (Å²) in [5, 5.41) is 0. The number of sulfonamides is 1. The van der Waals surface area contributed by atoms with Gasteiger partial charge in [-0.15, -0.1) is 0 Å². The number of anilines is 2. The number of rotatable bonds is 7. The van der Waals surface area contributed by atoms with Crippen molar-refractivity contribution in [1.29, 1.82) is 0 Å². The van der Waals surface area contributed by atoms with Crippen LogP contribution in [0.15, 0.2) is 71.8 Å². The smallest absolute Gasteiger partial charge is 0.263 e. The number of aryl methyl sites for hydroxylation is 2. The van der Waals surface area contributed by atoms with Crippen LogP contribution in [0.3, 0.4) is 0 Å². The minimum Gasteiger partial charge on any atom is -0.366 e. The number of nitrogens with zero attached hydrogens (tertiary/aromatic N) is 2. The van der Waals surface area contributed by atoms with Crippen molar-refractivity contribution in [3.63, 3.8) is 0 Å². The Balaban J connectivity index is 1.75. The SMILES string of the molecule is CCN(Cc1ccccc1)c1ccc(NS(=O)(=O)c2ccc(C)c(C)c2)nc1. The summed E-state index contributed by atoms with van der Waals surface area (Å²) in [5.74, 6) is 0.303. The molecule has 2 aromatic carbocycles. The predicted molar refractivity (Wildman–Crippen MR) is 114 cm³/mol. The van der Waals surface area contributed by atoms with Gasteiger partial charge >= 0.3 is 0 Å². The van der Waals surface area contributed by atoms with Gasteiger partial charge in [0.1, 0.15) is 5.82 Å². The lowest BCUT2D eigenvalue weighted by atomic mass is 10.1. The van der Waals surface area contributed by atoms with Crippen molar-refractivity contribution in [2.24, 2.45) is 0 Å². The van der Waals surface area contributed by atoms with E-state index >= 15 is 0 Å². The predicted octanol–water partition coefficient (Wildman–Crippen LogP) is 4.53. The summed E-state index contributed by atoms with van der Waals surface area (Å²) in [7, 11) is -3.67. The van der Waals surface area contributed by atoms with Gasteiger partial charge in [-0.05, 0) is 61.7 Å². The maximum atomic E-state index is 12.6. The first-order valence-electron chi connectivity index (χ1n) is 9.24. The zero-order valence-electron chi connectivity index (χ0n) is 16.4. The molecule has 6 heteroatoms. The molecule has 5 nitrogen and oxygen atoms in total. The summed E-state index contributed by atoms with van der Waals surface area (Å²) >= 11 is 0. The largest absolute Gasteiger partial charge is 0.366 e. The molecule has 3 aromatic rings. The van der Waals surface area contributed by atoms with E-state index in [1.54, 1.807) is 24.4 Å². The fraction of sp³-hybridized carbons (Fsp3) is 0.227. The zero-order valence-corrected chi connectivity index (χ0v) is 17.2. The van der Waals surface area contributed by atoms with E-state index in [4.69, 9.17) is 0 Å². The van der Waals surface area contributed by atoms with E-state index in [1.165, 1.54) is 5.56 Å². The summed E-state index contributed by atoms with van der Waals surface area (Å²) < 4.78 is 27.8. The van der Waals surface area contributed by atoms with Gasteiger partial charge < -0.3 is 4.90 Å². The number of benzene rings is 2. The fourth-order valence-corrected chi connectivity index (χ4v) is 3.99. The molecule has 0 radical (unpaired) electrons. The van der Waals surface area contributed by atoms with Crippen LogP contribution >= 0.6 is 0 Å². The molecule has 3 rings (SSSR count). The highest BCUT2D eigenvalue weighted by Crippen LogP contribution is 2.21. The molecule has 1 N–H and O–H groups in total. The van der Waals surface area contributed by atoms with E-state index in [1.807, 2.05) is 44.2 Å². The minimum absolute atomic E-state index is 0.237. The molecule has 0 aliphatic heterocycles. The Labute approximate surface area is 167 Å². The van der Waals surface area contributed by atoms with Gasteiger partial charge in [-0.2, -0.15) is 0 Å². The molecule has 0 unspecified atom stereocenters. The van der Waals surface area contributed by atoms with Gasteiger partial charge in [0, 0.05) is 13.1 Å². The lowest BCUT2D eigenvalue weighted by molar-refractivity contribution is 0.601. The molecule has 0 saturated carbocycles. The van der Waals surface area contributed by atoms with Crippen molar-refractivity contribution in [2.45, 2.75) is 32.2 Å². The van der Waals surface area contributed by atoms with Gasteiger partial charge in [-0.1, -0.05) is 36.4 Å². The van der Waals surface area contributed by atoms with Crippen molar-refractivity contribution in [3.8, 4) is 0 Å². The number of hydrogen-bond donors (Lipinski definition) is 1. The van der Waals surface area contributed by atoms with Gasteiger partial charge in [0.2, 0.25) is 0 Å². The van der Waals surface area contributed by atoms with E-state index in [2.05, 4.69) is 33.7 Å². The molecule has 0 amide bonds. The first kappa shape index (κ1) is 19.9. The average Bonchev–Trinajstić information content (AvgIpc) is 2.69. The molecule has 1 aromatic heterocycles. The third kappa shape index (κ3) is 4.70. The Morgan fingerprint density at radius 1 is 0.964 bits per heavy atom. The first-order chi connectivity index (χ1) is 13.4. The van der Waals surface area contributed by atoms with Crippen molar-refractivity contribution in [3.05, 3.63) is 83.6 Å². The third-order valence-electron chi connectivity index (χ3n) is 4.74. The van der Waals surface area contributed by atoms with E-state index in [-0.39, 0.29) is 4.90 Å². The van der Waals surface area contributed by atoms with Gasteiger partial charge in [0.15, 0.2) is 0 Å². The second-order valence-electron chi connectivity index (χ2n) is 6.75. The molecule has 1 heterocycles. The quantitative estimate of drug-likeness (QED) is 0.639. The van der Waals surface area contributed by atoms with Crippen LogP contribution in [0.2, 0.25) is 0 Å². The van der Waals surface area contributed by atoms with Crippen LogP contribution in [0.4, 0.5) is 11.5 Å². The van der Waals surface area contributed by atoms with Crippen molar-refractivity contribution in [1.82, 2.24) is 4.98 Å². The standard InChI is InChI=1S/C22H25N3O2S/c1-4-25(16-19-8-6-5-7-9-19)20-11-13-22(23-15-20)24-28(26,27)21-12-10-17(2)18(3)14-21/h5-15H,4,16H2,1-3H3,(H,23,24). The van der Waals surface area contributed by atoms with Gasteiger partial charge in [0.05, 0.1) is 16.8 Å². The molecular formula is C22H25N3O2S. The van der Waals surface area contributed by atoms with Crippen molar-refractivity contribution in [2.75, 3.05) is 16.2 Å². The summed E-state index contributed by atoms with van der Waals surface area (Å²) in [4.78, 5) is 6.73. The summed E-state index contributed by atoms with van der Waals surface area (Å²) in [5.41, 5.74) is 4.15. The molecule has 0 aliphatic carbocycles. The monoisotopic (exact) mass is 395 g/mol. The van der Waals surface area contributed by atoms with E-state index < -0.39 is 10.0 Å². The molecule has 0 aliphatic rings. The minimum atomic E-state index is -3.67. The molecule has 0 atom stereocenters. The normalized spacial score (nSPS) is 11.2. The highest BCUT2D eigenvalue weighted by atomic mass is 32.2. The van der Waals surface area contributed by atoms with Crippen LogP contribution in [0, 0.1) is 13.8 Å². The fourth-order valence-electron chi connectivity index (χ4n) is 2.90. The number of pyridine rings is 1. The molecular weight excluding hydrogens is 370 g/mol. The van der Waals surface area contributed by atoms with Crippen molar-refractivity contribution >= 4 is 21.5 Å². The van der Waals surface area contributed by atoms with Gasteiger partial charge in [-0.25, -0.2) is 13.4 Å².